The average Bonchev–Trinajstić information content (AvgIpc) is 2.46. The van der Waals surface area contributed by atoms with Gasteiger partial charge in [-0.25, -0.2) is 0 Å². The second-order valence-electron chi connectivity index (χ2n) is 7.01. The summed E-state index contributed by atoms with van der Waals surface area (Å²) in [4.78, 5) is 16.9. The monoisotopic (exact) mass is 303 g/mol. The molecule has 1 saturated heterocycles. The molecule has 0 atom stereocenters. The van der Waals surface area contributed by atoms with Crippen molar-refractivity contribution in [3.63, 3.8) is 0 Å². The van der Waals surface area contributed by atoms with Crippen molar-refractivity contribution >= 4 is 11.6 Å². The molecule has 122 valence electrons. The molecular weight excluding hydrogens is 274 g/mol. The molecular formula is C18H29N3O. The molecule has 0 aromatic heterocycles. The molecule has 1 fully saturated rings. The van der Waals surface area contributed by atoms with Gasteiger partial charge < -0.3 is 10.2 Å². The number of nitrogens with one attached hydrogen (secondary N) is 1. The van der Waals surface area contributed by atoms with Gasteiger partial charge in [-0.1, -0.05) is 0 Å². The zero-order valence-corrected chi connectivity index (χ0v) is 14.6. The van der Waals surface area contributed by atoms with Gasteiger partial charge >= 0.3 is 0 Å². The van der Waals surface area contributed by atoms with Crippen molar-refractivity contribution < 1.29 is 4.79 Å². The van der Waals surface area contributed by atoms with E-state index in [-0.39, 0.29) is 11.4 Å². The van der Waals surface area contributed by atoms with Crippen LogP contribution < -0.4 is 10.2 Å². The van der Waals surface area contributed by atoms with E-state index in [9.17, 15) is 4.79 Å². The third kappa shape index (κ3) is 3.80. The highest BCUT2D eigenvalue weighted by molar-refractivity contribution is 5.94. The predicted molar refractivity (Wildman–Crippen MR) is 92.7 cm³/mol. The molecule has 0 radical (unpaired) electrons. The summed E-state index contributed by atoms with van der Waals surface area (Å²) < 4.78 is 0. The van der Waals surface area contributed by atoms with Crippen molar-refractivity contribution in [3.05, 3.63) is 29.3 Å². The Morgan fingerprint density at radius 1 is 1.18 bits per heavy atom. The fourth-order valence-corrected chi connectivity index (χ4v) is 3.03. The van der Waals surface area contributed by atoms with E-state index < -0.39 is 0 Å². The number of rotatable bonds is 3. The van der Waals surface area contributed by atoms with Crippen molar-refractivity contribution in [3.8, 4) is 0 Å². The summed E-state index contributed by atoms with van der Waals surface area (Å²) in [5.41, 5.74) is 3.41. The molecule has 0 saturated carbocycles. The quantitative estimate of drug-likeness (QED) is 0.932. The van der Waals surface area contributed by atoms with E-state index in [0.29, 0.717) is 6.54 Å². The van der Waals surface area contributed by atoms with Gasteiger partial charge in [-0.15, -0.1) is 0 Å². The number of piperazine rings is 1. The number of nitrogens with zero attached hydrogens (tertiary/aromatic N) is 2. The second kappa shape index (κ2) is 6.69. The summed E-state index contributed by atoms with van der Waals surface area (Å²) in [6.07, 6.45) is 0. The first-order valence-corrected chi connectivity index (χ1v) is 8.21. The van der Waals surface area contributed by atoms with Gasteiger partial charge in [0, 0.05) is 49.5 Å². The third-order valence-electron chi connectivity index (χ3n) is 4.37. The Morgan fingerprint density at radius 2 is 1.82 bits per heavy atom. The minimum atomic E-state index is 0.00898. The van der Waals surface area contributed by atoms with E-state index in [1.165, 1.54) is 11.3 Å². The van der Waals surface area contributed by atoms with Crippen LogP contribution in [0, 0.1) is 6.92 Å². The highest BCUT2D eigenvalue weighted by Gasteiger charge is 2.26. The first kappa shape index (κ1) is 16.8. The van der Waals surface area contributed by atoms with Gasteiger partial charge in [0.2, 0.25) is 0 Å². The number of carbonyl (C=O) groups excluding carboxylic acids is 1. The van der Waals surface area contributed by atoms with Gasteiger partial charge in [-0.2, -0.15) is 0 Å². The van der Waals surface area contributed by atoms with Crippen LogP contribution in [0.2, 0.25) is 0 Å². The van der Waals surface area contributed by atoms with E-state index in [1.807, 2.05) is 19.1 Å². The minimum Gasteiger partial charge on any atom is -0.369 e. The standard InChI is InChI=1S/C18H29N3O/c1-6-19-17(22)15-7-8-16(14(2)13-15)20-9-11-21(12-10-20)18(3,4)5/h7-8,13H,6,9-12H2,1-5H3,(H,19,22). The van der Waals surface area contributed by atoms with Gasteiger partial charge in [0.15, 0.2) is 0 Å². The molecule has 1 aliphatic heterocycles. The Labute approximate surface area is 134 Å². The molecule has 1 amide bonds. The molecule has 1 N–H and O–H groups in total. The molecule has 22 heavy (non-hydrogen) atoms. The normalized spacial score (nSPS) is 16.7. The van der Waals surface area contributed by atoms with E-state index >= 15 is 0 Å². The number of aryl methyl sites for hydroxylation is 1. The SMILES string of the molecule is CCNC(=O)c1ccc(N2CCN(C(C)(C)C)CC2)c(C)c1. The summed E-state index contributed by atoms with van der Waals surface area (Å²) >= 11 is 0. The number of hydrogen-bond donors (Lipinski definition) is 1. The van der Waals surface area contributed by atoms with Crippen molar-refractivity contribution in [2.75, 3.05) is 37.6 Å². The van der Waals surface area contributed by atoms with E-state index in [2.05, 4.69) is 48.9 Å². The number of carbonyl (C=O) groups is 1. The average molecular weight is 303 g/mol. The summed E-state index contributed by atoms with van der Waals surface area (Å²) in [7, 11) is 0. The summed E-state index contributed by atoms with van der Waals surface area (Å²) in [5.74, 6) is 0.00898. The van der Waals surface area contributed by atoms with E-state index in [4.69, 9.17) is 0 Å². The Bertz CT molecular complexity index is 526. The first-order valence-electron chi connectivity index (χ1n) is 8.21. The molecule has 1 heterocycles. The third-order valence-corrected chi connectivity index (χ3v) is 4.37. The van der Waals surface area contributed by atoms with E-state index in [0.717, 1.165) is 31.7 Å². The lowest BCUT2D eigenvalue weighted by Gasteiger charge is -2.43. The van der Waals surface area contributed by atoms with Crippen LogP contribution in [0.3, 0.4) is 0 Å². The predicted octanol–water partition coefficient (Wildman–Crippen LogP) is 2.67. The van der Waals surface area contributed by atoms with Crippen molar-refractivity contribution in [2.24, 2.45) is 0 Å². The van der Waals surface area contributed by atoms with Gasteiger partial charge in [-0.3, -0.25) is 9.69 Å². The summed E-state index contributed by atoms with van der Waals surface area (Å²) in [6, 6.07) is 6.02. The van der Waals surface area contributed by atoms with Crippen LogP contribution in [0.1, 0.15) is 43.6 Å². The second-order valence-corrected chi connectivity index (χ2v) is 7.01. The lowest BCUT2D eigenvalue weighted by atomic mass is 10.0. The lowest BCUT2D eigenvalue weighted by Crippen LogP contribution is -2.53. The molecule has 4 nitrogen and oxygen atoms in total. The van der Waals surface area contributed by atoms with Gasteiger partial charge in [-0.05, 0) is 58.4 Å². The van der Waals surface area contributed by atoms with Crippen molar-refractivity contribution in [2.45, 2.75) is 40.2 Å². The van der Waals surface area contributed by atoms with Gasteiger partial charge in [0.05, 0.1) is 0 Å². The van der Waals surface area contributed by atoms with Crippen molar-refractivity contribution in [1.82, 2.24) is 10.2 Å². The Hall–Kier alpha value is -1.55. The van der Waals surface area contributed by atoms with Crippen LogP contribution in [0.15, 0.2) is 18.2 Å². The van der Waals surface area contributed by atoms with Gasteiger partial charge in [0.1, 0.15) is 0 Å². The van der Waals surface area contributed by atoms with Crippen LogP contribution >= 0.6 is 0 Å². The molecule has 1 aromatic carbocycles. The smallest absolute Gasteiger partial charge is 0.251 e. The molecule has 0 aliphatic carbocycles. The lowest BCUT2D eigenvalue weighted by molar-refractivity contribution is 0.0955. The van der Waals surface area contributed by atoms with Crippen LogP contribution in [0.25, 0.3) is 0 Å². The van der Waals surface area contributed by atoms with E-state index in [1.54, 1.807) is 0 Å². The van der Waals surface area contributed by atoms with Crippen LogP contribution in [-0.4, -0.2) is 49.1 Å². The molecule has 0 bridgehead atoms. The highest BCUT2D eigenvalue weighted by Crippen LogP contribution is 2.24. The minimum absolute atomic E-state index is 0.00898. The number of amides is 1. The zero-order chi connectivity index (χ0) is 16.3. The van der Waals surface area contributed by atoms with Crippen molar-refractivity contribution in [1.29, 1.82) is 0 Å². The molecule has 1 aromatic rings. The fraction of sp³-hybridized carbons (Fsp3) is 0.611. The molecule has 0 spiro atoms. The topological polar surface area (TPSA) is 35.6 Å². The number of anilines is 1. The molecule has 4 heteroatoms. The maximum absolute atomic E-state index is 11.9. The van der Waals surface area contributed by atoms with Gasteiger partial charge in [0.25, 0.3) is 5.91 Å². The Morgan fingerprint density at radius 3 is 2.32 bits per heavy atom. The summed E-state index contributed by atoms with van der Waals surface area (Å²) in [5, 5.41) is 2.85. The Balaban J connectivity index is 2.07. The zero-order valence-electron chi connectivity index (χ0n) is 14.6. The molecule has 0 unspecified atom stereocenters. The van der Waals surface area contributed by atoms with Crippen LogP contribution in [-0.2, 0) is 0 Å². The molecule has 1 aliphatic rings. The summed E-state index contributed by atoms with van der Waals surface area (Å²) in [6.45, 7) is 15.8. The highest BCUT2D eigenvalue weighted by atomic mass is 16.1. The first-order chi connectivity index (χ1) is 10.3. The number of benzene rings is 1. The fourth-order valence-electron chi connectivity index (χ4n) is 3.03. The van der Waals surface area contributed by atoms with Crippen LogP contribution in [0.4, 0.5) is 5.69 Å². The molecule has 2 rings (SSSR count). The largest absolute Gasteiger partial charge is 0.369 e. The Kier molecular flexibility index (Phi) is 5.12. The maximum Gasteiger partial charge on any atom is 0.251 e. The number of hydrogen-bond acceptors (Lipinski definition) is 3. The maximum atomic E-state index is 11.9. The van der Waals surface area contributed by atoms with Crippen LogP contribution in [0.5, 0.6) is 0 Å².